The van der Waals surface area contributed by atoms with Crippen LogP contribution >= 0.6 is 0 Å². The number of amides is 1. The standard InChI is InChI=1S/C23H17N3O5S/c1-14-9-19-20(30-14)10-16(23(27)26-22-8-3-15(12-24)13-25-22)11-21(19)31-17-4-6-18(7-5-17)32(2,28)29/h3-11,13H,1-2H3,(H,25,26,27). The second kappa shape index (κ2) is 8.17. The minimum atomic E-state index is -3.32. The van der Waals surface area contributed by atoms with Crippen LogP contribution in [0.15, 0.2) is 70.1 Å². The van der Waals surface area contributed by atoms with Crippen LogP contribution in [-0.2, 0) is 9.84 Å². The number of nitriles is 1. The highest BCUT2D eigenvalue weighted by atomic mass is 32.2. The number of rotatable bonds is 5. The Labute approximate surface area is 184 Å². The van der Waals surface area contributed by atoms with Crippen molar-refractivity contribution in [3.63, 3.8) is 0 Å². The van der Waals surface area contributed by atoms with E-state index in [1.54, 1.807) is 43.3 Å². The molecule has 2 aromatic carbocycles. The maximum Gasteiger partial charge on any atom is 0.257 e. The first-order valence-corrected chi connectivity index (χ1v) is 11.3. The van der Waals surface area contributed by atoms with E-state index in [0.717, 1.165) is 6.26 Å². The normalized spacial score (nSPS) is 11.2. The predicted molar refractivity (Wildman–Crippen MR) is 117 cm³/mol. The molecule has 0 atom stereocenters. The van der Waals surface area contributed by atoms with Gasteiger partial charge in [-0.15, -0.1) is 0 Å². The van der Waals surface area contributed by atoms with Crippen LogP contribution in [0.1, 0.15) is 21.7 Å². The van der Waals surface area contributed by atoms with Crippen LogP contribution in [0.2, 0.25) is 0 Å². The first-order chi connectivity index (χ1) is 15.2. The number of carbonyl (C=O) groups excluding carboxylic acids is 1. The fraction of sp³-hybridized carbons (Fsp3) is 0.0870. The first-order valence-electron chi connectivity index (χ1n) is 9.42. The number of hydrogen-bond acceptors (Lipinski definition) is 7. The third-order valence-electron chi connectivity index (χ3n) is 4.60. The molecule has 4 rings (SSSR count). The number of nitrogens with zero attached hydrogens (tertiary/aromatic N) is 2. The molecule has 0 saturated carbocycles. The SMILES string of the molecule is Cc1cc2c(Oc3ccc(S(C)(=O)=O)cc3)cc(C(=O)Nc3ccc(C#N)cn3)cc2o1. The van der Waals surface area contributed by atoms with Crippen molar-refractivity contribution in [2.24, 2.45) is 0 Å². The second-order valence-corrected chi connectivity index (χ2v) is 9.10. The summed E-state index contributed by atoms with van der Waals surface area (Å²) in [4.78, 5) is 17.0. The number of carbonyl (C=O) groups is 1. The lowest BCUT2D eigenvalue weighted by molar-refractivity contribution is 0.102. The van der Waals surface area contributed by atoms with Crippen molar-refractivity contribution >= 4 is 32.5 Å². The van der Waals surface area contributed by atoms with Crippen LogP contribution in [0, 0.1) is 18.3 Å². The van der Waals surface area contributed by atoms with Gasteiger partial charge in [0, 0.05) is 18.0 Å². The molecule has 0 fully saturated rings. The van der Waals surface area contributed by atoms with Gasteiger partial charge in [-0.05, 0) is 61.5 Å². The van der Waals surface area contributed by atoms with Gasteiger partial charge in [-0.1, -0.05) is 0 Å². The quantitative estimate of drug-likeness (QED) is 0.479. The Balaban J connectivity index is 1.66. The van der Waals surface area contributed by atoms with Crippen molar-refractivity contribution in [1.82, 2.24) is 4.98 Å². The number of sulfone groups is 1. The number of hydrogen-bond donors (Lipinski definition) is 1. The average Bonchev–Trinajstić information content (AvgIpc) is 3.14. The van der Waals surface area contributed by atoms with Gasteiger partial charge >= 0.3 is 0 Å². The van der Waals surface area contributed by atoms with Crippen LogP contribution < -0.4 is 10.1 Å². The number of fused-ring (bicyclic) bond motifs is 1. The minimum absolute atomic E-state index is 0.178. The lowest BCUT2D eigenvalue weighted by atomic mass is 10.1. The maximum absolute atomic E-state index is 12.8. The number of nitrogens with one attached hydrogen (secondary N) is 1. The smallest absolute Gasteiger partial charge is 0.257 e. The summed E-state index contributed by atoms with van der Waals surface area (Å²) >= 11 is 0. The van der Waals surface area contributed by atoms with E-state index in [2.05, 4.69) is 10.3 Å². The number of pyridine rings is 1. The highest BCUT2D eigenvalue weighted by Gasteiger charge is 2.16. The highest BCUT2D eigenvalue weighted by Crippen LogP contribution is 2.34. The van der Waals surface area contributed by atoms with E-state index in [1.165, 1.54) is 24.4 Å². The van der Waals surface area contributed by atoms with E-state index in [9.17, 15) is 13.2 Å². The zero-order chi connectivity index (χ0) is 22.9. The number of aryl methyl sites for hydroxylation is 1. The van der Waals surface area contributed by atoms with E-state index in [4.69, 9.17) is 14.4 Å². The van der Waals surface area contributed by atoms with Crippen LogP contribution in [0.3, 0.4) is 0 Å². The summed E-state index contributed by atoms with van der Waals surface area (Å²) in [7, 11) is -3.32. The van der Waals surface area contributed by atoms with Crippen LogP contribution in [-0.4, -0.2) is 25.6 Å². The monoisotopic (exact) mass is 447 g/mol. The van der Waals surface area contributed by atoms with E-state index >= 15 is 0 Å². The highest BCUT2D eigenvalue weighted by molar-refractivity contribution is 7.90. The number of aromatic nitrogens is 1. The Hall–Kier alpha value is -4.16. The van der Waals surface area contributed by atoms with Crippen molar-refractivity contribution in [3.8, 4) is 17.6 Å². The molecule has 8 nitrogen and oxygen atoms in total. The molecular formula is C23H17N3O5S. The molecule has 9 heteroatoms. The van der Waals surface area contributed by atoms with E-state index < -0.39 is 15.7 Å². The summed E-state index contributed by atoms with van der Waals surface area (Å²) in [5.74, 6) is 1.29. The fourth-order valence-corrected chi connectivity index (χ4v) is 3.68. The molecule has 4 aromatic rings. The van der Waals surface area contributed by atoms with Crippen molar-refractivity contribution in [3.05, 3.63) is 77.7 Å². The number of anilines is 1. The fourth-order valence-electron chi connectivity index (χ4n) is 3.05. The molecule has 0 spiro atoms. The van der Waals surface area contributed by atoms with Crippen molar-refractivity contribution in [2.75, 3.05) is 11.6 Å². The van der Waals surface area contributed by atoms with Crippen LogP contribution in [0.5, 0.6) is 11.5 Å². The molecule has 0 radical (unpaired) electrons. The molecule has 0 aliphatic rings. The van der Waals surface area contributed by atoms with Crippen molar-refractivity contribution in [1.29, 1.82) is 5.26 Å². The maximum atomic E-state index is 12.8. The summed E-state index contributed by atoms with van der Waals surface area (Å²) in [5.41, 5.74) is 1.12. The first kappa shape index (κ1) is 21.1. The van der Waals surface area contributed by atoms with E-state index in [0.29, 0.717) is 39.6 Å². The Morgan fingerprint density at radius 3 is 2.50 bits per heavy atom. The summed E-state index contributed by atoms with van der Waals surface area (Å²) in [5, 5.41) is 12.2. The molecule has 0 saturated heterocycles. The molecule has 160 valence electrons. The largest absolute Gasteiger partial charge is 0.461 e. The predicted octanol–water partition coefficient (Wildman–Crippen LogP) is 4.46. The molecule has 0 aliphatic carbocycles. The number of furan rings is 1. The number of benzene rings is 2. The van der Waals surface area contributed by atoms with Gasteiger partial charge in [0.1, 0.15) is 34.7 Å². The minimum Gasteiger partial charge on any atom is -0.461 e. The van der Waals surface area contributed by atoms with Gasteiger partial charge < -0.3 is 14.5 Å². The lowest BCUT2D eigenvalue weighted by Crippen LogP contribution is -2.13. The molecule has 1 N–H and O–H groups in total. The Morgan fingerprint density at radius 2 is 1.88 bits per heavy atom. The van der Waals surface area contributed by atoms with Crippen molar-refractivity contribution < 1.29 is 22.4 Å². The van der Waals surface area contributed by atoms with Gasteiger partial charge in [-0.3, -0.25) is 4.79 Å². The molecule has 2 aromatic heterocycles. The topological polar surface area (TPSA) is 122 Å². The molecule has 32 heavy (non-hydrogen) atoms. The van der Waals surface area contributed by atoms with E-state index in [1.807, 2.05) is 6.07 Å². The molecule has 0 aliphatic heterocycles. The van der Waals surface area contributed by atoms with Gasteiger partial charge in [-0.2, -0.15) is 5.26 Å². The van der Waals surface area contributed by atoms with Crippen molar-refractivity contribution in [2.45, 2.75) is 11.8 Å². The van der Waals surface area contributed by atoms with Crippen LogP contribution in [0.4, 0.5) is 5.82 Å². The van der Waals surface area contributed by atoms with E-state index in [-0.39, 0.29) is 10.5 Å². The molecule has 0 unspecified atom stereocenters. The second-order valence-electron chi connectivity index (χ2n) is 7.09. The zero-order valence-corrected chi connectivity index (χ0v) is 17.9. The lowest BCUT2D eigenvalue weighted by Gasteiger charge is -2.10. The molecule has 2 heterocycles. The van der Waals surface area contributed by atoms with Gasteiger partial charge in [-0.25, -0.2) is 13.4 Å². The summed E-state index contributed by atoms with van der Waals surface area (Å²) < 4.78 is 35.0. The van der Waals surface area contributed by atoms with Crippen LogP contribution in [0.25, 0.3) is 11.0 Å². The summed E-state index contributed by atoms with van der Waals surface area (Å²) in [6, 6.07) is 16.0. The molecule has 1 amide bonds. The summed E-state index contributed by atoms with van der Waals surface area (Å²) in [6.45, 7) is 1.78. The zero-order valence-electron chi connectivity index (χ0n) is 17.1. The van der Waals surface area contributed by atoms with Gasteiger partial charge in [0.2, 0.25) is 0 Å². The summed E-state index contributed by atoms with van der Waals surface area (Å²) in [6.07, 6.45) is 2.49. The molecular weight excluding hydrogens is 430 g/mol. The Bertz CT molecular complexity index is 1470. The molecule has 0 bridgehead atoms. The average molecular weight is 447 g/mol. The van der Waals surface area contributed by atoms with Gasteiger partial charge in [0.25, 0.3) is 5.91 Å². The van der Waals surface area contributed by atoms with Gasteiger partial charge in [0.05, 0.1) is 15.8 Å². The van der Waals surface area contributed by atoms with Gasteiger partial charge in [0.15, 0.2) is 9.84 Å². The Kier molecular flexibility index (Phi) is 5.38. The Morgan fingerprint density at radius 1 is 1.12 bits per heavy atom. The number of ether oxygens (including phenoxy) is 1. The third-order valence-corrected chi connectivity index (χ3v) is 5.73. The third kappa shape index (κ3) is 4.45.